The lowest BCUT2D eigenvalue weighted by Gasteiger charge is -2.15. The van der Waals surface area contributed by atoms with Crippen molar-refractivity contribution in [3.05, 3.63) is 40.9 Å². The Hall–Kier alpha value is -1.59. The number of carboxylic acid groups (broad SMARTS) is 1. The maximum Gasteiger partial charge on any atom is 0.320 e. The number of hydrogen-bond acceptors (Lipinski definition) is 3. The van der Waals surface area contributed by atoms with Crippen molar-refractivity contribution in [1.82, 2.24) is 5.32 Å². The van der Waals surface area contributed by atoms with Gasteiger partial charge >= 0.3 is 5.97 Å². The summed E-state index contributed by atoms with van der Waals surface area (Å²) in [6, 6.07) is 11.5. The van der Waals surface area contributed by atoms with Crippen molar-refractivity contribution < 1.29 is 14.6 Å². The summed E-state index contributed by atoms with van der Waals surface area (Å²) in [4.78, 5) is 10.9. The third kappa shape index (κ3) is 2.51. The smallest absolute Gasteiger partial charge is 0.320 e. The molecule has 3 rings (SSSR count). The van der Waals surface area contributed by atoms with E-state index in [1.165, 1.54) is 0 Å². The predicted octanol–water partition coefficient (Wildman–Crippen LogP) is 2.80. The maximum absolute atomic E-state index is 10.9. The minimum atomic E-state index is -0.825. The first-order valence-electron chi connectivity index (χ1n) is 6.45. The summed E-state index contributed by atoms with van der Waals surface area (Å²) >= 11 is 3.57. The fourth-order valence-corrected chi connectivity index (χ4v) is 3.05. The molecule has 2 aromatic carbocycles. The van der Waals surface area contributed by atoms with E-state index in [2.05, 4.69) is 21.2 Å². The van der Waals surface area contributed by atoms with Crippen molar-refractivity contribution >= 4 is 32.7 Å². The molecule has 1 fully saturated rings. The van der Waals surface area contributed by atoms with Crippen LogP contribution in [0, 0.1) is 0 Å². The molecule has 0 spiro atoms. The molecule has 4 nitrogen and oxygen atoms in total. The lowest BCUT2D eigenvalue weighted by atomic mass is 10.1. The highest BCUT2D eigenvalue weighted by Crippen LogP contribution is 2.34. The molecule has 1 aliphatic rings. The molecule has 0 unspecified atom stereocenters. The van der Waals surface area contributed by atoms with E-state index in [9.17, 15) is 4.79 Å². The summed E-state index contributed by atoms with van der Waals surface area (Å²) in [7, 11) is 0. The number of nitrogens with one attached hydrogen (secondary N) is 1. The number of fused-ring (bicyclic) bond motifs is 1. The molecule has 1 heterocycles. The summed E-state index contributed by atoms with van der Waals surface area (Å²) in [6.45, 7) is 0.552. The van der Waals surface area contributed by atoms with Gasteiger partial charge in [0.1, 0.15) is 17.9 Å². The first kappa shape index (κ1) is 13.4. The van der Waals surface area contributed by atoms with Crippen molar-refractivity contribution in [2.45, 2.75) is 18.6 Å². The van der Waals surface area contributed by atoms with Gasteiger partial charge in [0.2, 0.25) is 0 Å². The van der Waals surface area contributed by atoms with Gasteiger partial charge in [-0.2, -0.15) is 0 Å². The number of carboxylic acids is 1. The molecule has 5 heteroatoms. The molecule has 0 saturated carbocycles. The molecule has 0 radical (unpaired) electrons. The summed E-state index contributed by atoms with van der Waals surface area (Å²) in [5.41, 5.74) is 0. The zero-order valence-corrected chi connectivity index (χ0v) is 12.3. The van der Waals surface area contributed by atoms with Crippen molar-refractivity contribution in [1.29, 1.82) is 0 Å². The number of ether oxygens (including phenoxy) is 1. The van der Waals surface area contributed by atoms with Crippen LogP contribution in [0.5, 0.6) is 5.75 Å². The van der Waals surface area contributed by atoms with E-state index in [1.807, 2.05) is 36.4 Å². The minimum absolute atomic E-state index is 0.117. The van der Waals surface area contributed by atoms with E-state index in [0.717, 1.165) is 21.0 Å². The summed E-state index contributed by atoms with van der Waals surface area (Å²) in [5.74, 6) is -0.0739. The standard InChI is InChI=1S/C15H14BrNO3/c16-14-11-4-2-1-3-9(11)5-6-13(14)20-10-7-12(15(18)19)17-8-10/h1-6,10,12,17H,7-8H2,(H,18,19)/t10-,12+/m1/s1. The van der Waals surface area contributed by atoms with Crippen molar-refractivity contribution in [3.63, 3.8) is 0 Å². The van der Waals surface area contributed by atoms with E-state index in [0.29, 0.717) is 13.0 Å². The third-order valence-electron chi connectivity index (χ3n) is 3.51. The number of carbonyl (C=O) groups is 1. The van der Waals surface area contributed by atoms with Crippen LogP contribution in [0.15, 0.2) is 40.9 Å². The highest BCUT2D eigenvalue weighted by molar-refractivity contribution is 9.10. The van der Waals surface area contributed by atoms with Crippen LogP contribution in [0.2, 0.25) is 0 Å². The highest BCUT2D eigenvalue weighted by atomic mass is 79.9. The SMILES string of the molecule is O=C(O)[C@@H]1C[C@@H](Oc2ccc3ccccc3c2Br)CN1. The van der Waals surface area contributed by atoms with Gasteiger partial charge in [-0.15, -0.1) is 0 Å². The molecular weight excluding hydrogens is 322 g/mol. The van der Waals surface area contributed by atoms with E-state index in [-0.39, 0.29) is 6.10 Å². The Morgan fingerprint density at radius 3 is 2.85 bits per heavy atom. The van der Waals surface area contributed by atoms with E-state index >= 15 is 0 Å². The summed E-state index contributed by atoms with van der Waals surface area (Å²) in [5, 5.41) is 14.1. The van der Waals surface area contributed by atoms with Gasteiger partial charge in [-0.05, 0) is 32.8 Å². The van der Waals surface area contributed by atoms with Crippen molar-refractivity contribution in [2.75, 3.05) is 6.54 Å². The molecule has 1 saturated heterocycles. The van der Waals surface area contributed by atoms with Crippen molar-refractivity contribution in [3.8, 4) is 5.75 Å². The lowest BCUT2D eigenvalue weighted by Crippen LogP contribution is -2.30. The molecule has 2 aromatic rings. The van der Waals surface area contributed by atoms with Crippen LogP contribution in [-0.2, 0) is 4.79 Å². The number of aliphatic carboxylic acids is 1. The van der Waals surface area contributed by atoms with Gasteiger partial charge in [0.25, 0.3) is 0 Å². The van der Waals surface area contributed by atoms with E-state index < -0.39 is 12.0 Å². The average Bonchev–Trinajstić information content (AvgIpc) is 2.91. The Morgan fingerprint density at radius 1 is 1.30 bits per heavy atom. The van der Waals surface area contributed by atoms with Gasteiger partial charge in [0.15, 0.2) is 0 Å². The molecule has 104 valence electrons. The van der Waals surface area contributed by atoms with E-state index in [4.69, 9.17) is 9.84 Å². The van der Waals surface area contributed by atoms with Crippen LogP contribution >= 0.6 is 15.9 Å². The molecule has 0 aromatic heterocycles. The molecule has 20 heavy (non-hydrogen) atoms. The monoisotopic (exact) mass is 335 g/mol. The fourth-order valence-electron chi connectivity index (χ4n) is 2.47. The van der Waals surface area contributed by atoms with Gasteiger partial charge in [-0.3, -0.25) is 4.79 Å². The minimum Gasteiger partial charge on any atom is -0.488 e. The molecule has 0 amide bonds. The van der Waals surface area contributed by atoms with Crippen LogP contribution in [0.4, 0.5) is 0 Å². The van der Waals surface area contributed by atoms with Crippen LogP contribution in [0.25, 0.3) is 10.8 Å². The van der Waals surface area contributed by atoms with Gasteiger partial charge < -0.3 is 15.2 Å². The van der Waals surface area contributed by atoms with Crippen LogP contribution < -0.4 is 10.1 Å². The maximum atomic E-state index is 10.9. The Morgan fingerprint density at radius 2 is 2.10 bits per heavy atom. The second kappa shape index (κ2) is 5.42. The second-order valence-electron chi connectivity index (χ2n) is 4.87. The number of benzene rings is 2. The zero-order chi connectivity index (χ0) is 14.1. The van der Waals surface area contributed by atoms with Crippen LogP contribution in [0.1, 0.15) is 6.42 Å². The number of rotatable bonds is 3. The third-order valence-corrected chi connectivity index (χ3v) is 4.33. The first-order valence-corrected chi connectivity index (χ1v) is 7.24. The van der Waals surface area contributed by atoms with Crippen molar-refractivity contribution in [2.24, 2.45) is 0 Å². The Bertz CT molecular complexity index is 659. The fraction of sp³-hybridized carbons (Fsp3) is 0.267. The molecule has 0 aliphatic carbocycles. The molecule has 2 atom stereocenters. The van der Waals surface area contributed by atoms with Crippen LogP contribution in [0.3, 0.4) is 0 Å². The Balaban J connectivity index is 1.82. The van der Waals surface area contributed by atoms with Crippen LogP contribution in [-0.4, -0.2) is 29.8 Å². The molecule has 2 N–H and O–H groups in total. The van der Waals surface area contributed by atoms with Gasteiger partial charge in [-0.1, -0.05) is 30.3 Å². The molecule has 0 bridgehead atoms. The largest absolute Gasteiger partial charge is 0.488 e. The summed E-state index contributed by atoms with van der Waals surface area (Å²) < 4.78 is 6.83. The average molecular weight is 336 g/mol. The number of hydrogen-bond donors (Lipinski definition) is 2. The number of halogens is 1. The quantitative estimate of drug-likeness (QED) is 0.905. The Labute approximate surface area is 124 Å². The Kier molecular flexibility index (Phi) is 3.63. The first-order chi connectivity index (χ1) is 9.65. The van der Waals surface area contributed by atoms with Gasteiger partial charge in [0, 0.05) is 13.0 Å². The lowest BCUT2D eigenvalue weighted by molar-refractivity contribution is -0.139. The highest BCUT2D eigenvalue weighted by Gasteiger charge is 2.30. The van der Waals surface area contributed by atoms with Gasteiger partial charge in [0.05, 0.1) is 4.47 Å². The molecular formula is C15H14BrNO3. The zero-order valence-electron chi connectivity index (χ0n) is 10.7. The van der Waals surface area contributed by atoms with E-state index in [1.54, 1.807) is 0 Å². The molecule has 1 aliphatic heterocycles. The normalized spacial score (nSPS) is 22.1. The topological polar surface area (TPSA) is 58.6 Å². The summed E-state index contributed by atoms with van der Waals surface area (Å²) in [6.07, 6.45) is 0.364. The second-order valence-corrected chi connectivity index (χ2v) is 5.67. The van der Waals surface area contributed by atoms with Gasteiger partial charge in [-0.25, -0.2) is 0 Å². The predicted molar refractivity (Wildman–Crippen MR) is 80.1 cm³/mol.